The largest absolute Gasteiger partial charge is 0.396 e. The Morgan fingerprint density at radius 1 is 1.44 bits per heavy atom. The Labute approximate surface area is 96.9 Å². The number of hydrogen-bond donors (Lipinski definition) is 2. The van der Waals surface area contributed by atoms with Gasteiger partial charge in [0.2, 0.25) is 0 Å². The summed E-state index contributed by atoms with van der Waals surface area (Å²) in [5.41, 5.74) is 0.445. The summed E-state index contributed by atoms with van der Waals surface area (Å²) in [5, 5.41) is 22.9. The number of aliphatic hydroxyl groups excluding tert-OH is 2. The Hall–Kier alpha value is -0.870. The van der Waals surface area contributed by atoms with Crippen LogP contribution >= 0.6 is 0 Å². The van der Waals surface area contributed by atoms with Gasteiger partial charge in [-0.05, 0) is 19.4 Å². The molecule has 1 aromatic rings. The zero-order chi connectivity index (χ0) is 12.2. The van der Waals surface area contributed by atoms with Gasteiger partial charge in [0.1, 0.15) is 0 Å². The minimum Gasteiger partial charge on any atom is -0.396 e. The zero-order valence-electron chi connectivity index (χ0n) is 10.3. The first-order valence-corrected chi connectivity index (χ1v) is 5.80. The number of hydrogen-bond acceptors (Lipinski definition) is 3. The fourth-order valence-electron chi connectivity index (χ4n) is 1.50. The summed E-state index contributed by atoms with van der Waals surface area (Å²) in [5.74, 6) is 0. The smallest absolute Gasteiger partial charge is 0.0631 e. The second-order valence-corrected chi connectivity index (χ2v) is 4.85. The summed E-state index contributed by atoms with van der Waals surface area (Å²) in [4.78, 5) is 0. The van der Waals surface area contributed by atoms with Crippen LogP contribution in [0.5, 0.6) is 0 Å². The van der Waals surface area contributed by atoms with Crippen LogP contribution in [-0.2, 0) is 6.42 Å². The molecule has 92 valence electrons. The first-order chi connectivity index (χ1) is 7.54. The lowest BCUT2D eigenvalue weighted by molar-refractivity contribution is 0.0694. The van der Waals surface area contributed by atoms with E-state index in [0.29, 0.717) is 12.5 Å². The van der Waals surface area contributed by atoms with Crippen LogP contribution in [0.4, 0.5) is 0 Å². The summed E-state index contributed by atoms with van der Waals surface area (Å²) in [6, 6.07) is 2.35. The van der Waals surface area contributed by atoms with Crippen LogP contribution < -0.4 is 0 Å². The molecule has 0 saturated carbocycles. The van der Waals surface area contributed by atoms with E-state index in [1.807, 2.05) is 23.9 Å². The van der Waals surface area contributed by atoms with Crippen molar-refractivity contribution in [2.45, 2.75) is 39.7 Å². The van der Waals surface area contributed by atoms with Crippen LogP contribution in [0.3, 0.4) is 0 Å². The van der Waals surface area contributed by atoms with Crippen molar-refractivity contribution < 1.29 is 10.2 Å². The van der Waals surface area contributed by atoms with Gasteiger partial charge in [0, 0.05) is 24.1 Å². The molecule has 2 N–H and O–H groups in total. The molecule has 0 saturated heterocycles. The summed E-state index contributed by atoms with van der Waals surface area (Å²) in [6.45, 7) is 6.04. The van der Waals surface area contributed by atoms with E-state index in [4.69, 9.17) is 0 Å². The lowest BCUT2D eigenvalue weighted by atomic mass is 9.87. The Bertz CT molecular complexity index is 319. The van der Waals surface area contributed by atoms with Gasteiger partial charge in [0.05, 0.1) is 18.9 Å². The number of aliphatic hydroxyl groups is 2. The van der Waals surface area contributed by atoms with E-state index in [9.17, 15) is 10.2 Å². The lowest BCUT2D eigenvalue weighted by Crippen LogP contribution is -2.28. The van der Waals surface area contributed by atoms with E-state index in [-0.39, 0.29) is 13.2 Å². The van der Waals surface area contributed by atoms with Crippen molar-refractivity contribution in [2.75, 3.05) is 13.2 Å². The summed E-state index contributed by atoms with van der Waals surface area (Å²) < 4.78 is 1.94. The predicted molar refractivity (Wildman–Crippen MR) is 63.2 cm³/mol. The SMILES string of the molecule is CCC(C)n1ccc(CC(C)(CO)CO)n1. The fraction of sp³-hybridized carbons (Fsp3) is 0.750. The summed E-state index contributed by atoms with van der Waals surface area (Å²) in [7, 11) is 0. The van der Waals surface area contributed by atoms with Gasteiger partial charge in [-0.2, -0.15) is 5.10 Å². The highest BCUT2D eigenvalue weighted by Gasteiger charge is 2.24. The summed E-state index contributed by atoms with van der Waals surface area (Å²) in [6.07, 6.45) is 3.60. The molecule has 1 rings (SSSR count). The standard InChI is InChI=1S/C12H22N2O2/c1-4-10(2)14-6-5-11(13-14)7-12(3,8-15)9-16/h5-6,10,15-16H,4,7-9H2,1-3H3. The van der Waals surface area contributed by atoms with Crippen LogP contribution in [0.2, 0.25) is 0 Å². The molecule has 0 spiro atoms. The molecule has 16 heavy (non-hydrogen) atoms. The second kappa shape index (κ2) is 5.46. The van der Waals surface area contributed by atoms with Crippen LogP contribution in [-0.4, -0.2) is 33.2 Å². The Morgan fingerprint density at radius 2 is 2.06 bits per heavy atom. The molecular formula is C12H22N2O2. The molecule has 0 aliphatic carbocycles. The van der Waals surface area contributed by atoms with E-state index < -0.39 is 5.41 Å². The maximum atomic E-state index is 9.21. The number of rotatable bonds is 6. The summed E-state index contributed by atoms with van der Waals surface area (Å²) >= 11 is 0. The van der Waals surface area contributed by atoms with Crippen molar-refractivity contribution in [1.82, 2.24) is 9.78 Å². The maximum absolute atomic E-state index is 9.21. The first-order valence-electron chi connectivity index (χ1n) is 5.80. The van der Waals surface area contributed by atoms with Crippen molar-refractivity contribution >= 4 is 0 Å². The maximum Gasteiger partial charge on any atom is 0.0631 e. The van der Waals surface area contributed by atoms with Gasteiger partial charge in [-0.1, -0.05) is 13.8 Å². The minimum atomic E-state index is -0.478. The molecule has 0 fully saturated rings. The van der Waals surface area contributed by atoms with Crippen LogP contribution in [0, 0.1) is 5.41 Å². The highest BCUT2D eigenvalue weighted by molar-refractivity contribution is 5.03. The van der Waals surface area contributed by atoms with Gasteiger partial charge >= 0.3 is 0 Å². The Morgan fingerprint density at radius 3 is 2.56 bits per heavy atom. The quantitative estimate of drug-likeness (QED) is 0.770. The van der Waals surface area contributed by atoms with E-state index >= 15 is 0 Å². The van der Waals surface area contributed by atoms with Crippen molar-refractivity contribution in [2.24, 2.45) is 5.41 Å². The average Bonchev–Trinajstić information content (AvgIpc) is 2.76. The normalized spacial score (nSPS) is 14.1. The average molecular weight is 226 g/mol. The third-order valence-corrected chi connectivity index (χ3v) is 3.08. The molecular weight excluding hydrogens is 204 g/mol. The molecule has 0 aliphatic heterocycles. The first kappa shape index (κ1) is 13.2. The Balaban J connectivity index is 2.71. The Kier molecular flexibility index (Phi) is 4.50. The lowest BCUT2D eigenvalue weighted by Gasteiger charge is -2.23. The van der Waals surface area contributed by atoms with E-state index in [2.05, 4.69) is 18.9 Å². The molecule has 1 aromatic heterocycles. The van der Waals surface area contributed by atoms with Crippen LogP contribution in [0.1, 0.15) is 38.9 Å². The van der Waals surface area contributed by atoms with Crippen molar-refractivity contribution in [3.05, 3.63) is 18.0 Å². The molecule has 0 radical (unpaired) electrons. The number of aromatic nitrogens is 2. The topological polar surface area (TPSA) is 58.3 Å². The molecule has 4 heteroatoms. The van der Waals surface area contributed by atoms with E-state index in [1.165, 1.54) is 0 Å². The molecule has 0 aliphatic rings. The monoisotopic (exact) mass is 226 g/mol. The molecule has 0 bridgehead atoms. The molecule has 1 heterocycles. The van der Waals surface area contributed by atoms with Gasteiger partial charge in [-0.15, -0.1) is 0 Å². The number of nitrogens with zero attached hydrogens (tertiary/aromatic N) is 2. The highest BCUT2D eigenvalue weighted by atomic mass is 16.3. The van der Waals surface area contributed by atoms with E-state index in [0.717, 1.165) is 12.1 Å². The van der Waals surface area contributed by atoms with Gasteiger partial charge in [-0.3, -0.25) is 4.68 Å². The fourth-order valence-corrected chi connectivity index (χ4v) is 1.50. The van der Waals surface area contributed by atoms with Gasteiger partial charge in [0.25, 0.3) is 0 Å². The second-order valence-electron chi connectivity index (χ2n) is 4.85. The molecule has 1 unspecified atom stereocenters. The van der Waals surface area contributed by atoms with Crippen LogP contribution in [0.15, 0.2) is 12.3 Å². The highest BCUT2D eigenvalue weighted by Crippen LogP contribution is 2.21. The van der Waals surface area contributed by atoms with Crippen LogP contribution in [0.25, 0.3) is 0 Å². The zero-order valence-corrected chi connectivity index (χ0v) is 10.3. The third kappa shape index (κ3) is 3.06. The van der Waals surface area contributed by atoms with Gasteiger partial charge in [-0.25, -0.2) is 0 Å². The van der Waals surface area contributed by atoms with Crippen molar-refractivity contribution in [1.29, 1.82) is 0 Å². The van der Waals surface area contributed by atoms with Gasteiger partial charge in [0.15, 0.2) is 0 Å². The molecule has 1 atom stereocenters. The molecule has 0 aromatic carbocycles. The van der Waals surface area contributed by atoms with Gasteiger partial charge < -0.3 is 10.2 Å². The minimum absolute atomic E-state index is 0.0281. The van der Waals surface area contributed by atoms with Crippen molar-refractivity contribution in [3.63, 3.8) is 0 Å². The van der Waals surface area contributed by atoms with E-state index in [1.54, 1.807) is 0 Å². The molecule has 4 nitrogen and oxygen atoms in total. The predicted octanol–water partition coefficient (Wildman–Crippen LogP) is 1.39. The molecule has 0 amide bonds. The van der Waals surface area contributed by atoms with Crippen molar-refractivity contribution in [3.8, 4) is 0 Å². The third-order valence-electron chi connectivity index (χ3n) is 3.08.